The molecule has 2 aromatic rings. The summed E-state index contributed by atoms with van der Waals surface area (Å²) in [6, 6.07) is 17.7. The van der Waals surface area contributed by atoms with Crippen molar-refractivity contribution in [2.24, 2.45) is 5.92 Å². The van der Waals surface area contributed by atoms with Crippen molar-refractivity contribution in [3.63, 3.8) is 0 Å². The van der Waals surface area contributed by atoms with Gasteiger partial charge in [0.15, 0.2) is 0 Å². The highest BCUT2D eigenvalue weighted by molar-refractivity contribution is 5.27. The Hall–Kier alpha value is -1.60. The third-order valence-corrected chi connectivity index (χ3v) is 3.81. The van der Waals surface area contributed by atoms with Crippen LogP contribution in [0.1, 0.15) is 43.0 Å². The van der Waals surface area contributed by atoms with Gasteiger partial charge < -0.3 is 5.32 Å². The Kier molecular flexibility index (Phi) is 6.01. The van der Waals surface area contributed by atoms with E-state index in [1.807, 2.05) is 0 Å². The highest BCUT2D eigenvalue weighted by Gasteiger charge is 2.01. The molecule has 0 unspecified atom stereocenters. The van der Waals surface area contributed by atoms with Crippen LogP contribution in [0, 0.1) is 5.92 Å². The SMILES string of the molecule is CCc1ccccc1CNCc1ccc(CC(C)C)cc1. The van der Waals surface area contributed by atoms with Gasteiger partial charge in [-0.2, -0.15) is 0 Å². The number of hydrogen-bond acceptors (Lipinski definition) is 1. The van der Waals surface area contributed by atoms with Gasteiger partial charge in [0, 0.05) is 13.1 Å². The summed E-state index contributed by atoms with van der Waals surface area (Å²) in [4.78, 5) is 0. The van der Waals surface area contributed by atoms with Crippen molar-refractivity contribution in [2.45, 2.75) is 46.7 Å². The molecule has 2 rings (SSSR count). The van der Waals surface area contributed by atoms with Gasteiger partial charge in [-0.25, -0.2) is 0 Å². The molecule has 2 aromatic carbocycles. The van der Waals surface area contributed by atoms with Crippen molar-refractivity contribution in [2.75, 3.05) is 0 Å². The topological polar surface area (TPSA) is 12.0 Å². The van der Waals surface area contributed by atoms with Crippen molar-refractivity contribution < 1.29 is 0 Å². The van der Waals surface area contributed by atoms with E-state index in [4.69, 9.17) is 0 Å². The monoisotopic (exact) mass is 281 g/mol. The maximum absolute atomic E-state index is 3.55. The van der Waals surface area contributed by atoms with Gasteiger partial charge in [0.2, 0.25) is 0 Å². The molecular weight excluding hydrogens is 254 g/mol. The van der Waals surface area contributed by atoms with E-state index in [9.17, 15) is 0 Å². The van der Waals surface area contributed by atoms with Crippen molar-refractivity contribution >= 4 is 0 Å². The van der Waals surface area contributed by atoms with Crippen LogP contribution in [0.3, 0.4) is 0 Å². The molecule has 0 aliphatic carbocycles. The average molecular weight is 281 g/mol. The lowest BCUT2D eigenvalue weighted by molar-refractivity contribution is 0.646. The van der Waals surface area contributed by atoms with E-state index in [0.29, 0.717) is 0 Å². The van der Waals surface area contributed by atoms with Gasteiger partial charge in [0.1, 0.15) is 0 Å². The van der Waals surface area contributed by atoms with Gasteiger partial charge in [-0.15, -0.1) is 0 Å². The van der Waals surface area contributed by atoms with E-state index in [1.54, 1.807) is 0 Å². The lowest BCUT2D eigenvalue weighted by atomic mass is 10.0. The number of hydrogen-bond donors (Lipinski definition) is 1. The van der Waals surface area contributed by atoms with Crippen LogP contribution in [0.2, 0.25) is 0 Å². The lowest BCUT2D eigenvalue weighted by Gasteiger charge is -2.10. The summed E-state index contributed by atoms with van der Waals surface area (Å²) in [7, 11) is 0. The highest BCUT2D eigenvalue weighted by Crippen LogP contribution is 2.11. The fourth-order valence-electron chi connectivity index (χ4n) is 2.68. The number of nitrogens with one attached hydrogen (secondary N) is 1. The van der Waals surface area contributed by atoms with Crippen LogP contribution < -0.4 is 5.32 Å². The smallest absolute Gasteiger partial charge is 0.0211 e. The number of aryl methyl sites for hydroxylation is 1. The Morgan fingerprint density at radius 1 is 0.810 bits per heavy atom. The zero-order valence-electron chi connectivity index (χ0n) is 13.5. The fourth-order valence-corrected chi connectivity index (χ4v) is 2.68. The van der Waals surface area contributed by atoms with Crippen LogP contribution in [0.15, 0.2) is 48.5 Å². The van der Waals surface area contributed by atoms with Crippen molar-refractivity contribution in [1.82, 2.24) is 5.32 Å². The quantitative estimate of drug-likeness (QED) is 0.773. The maximum atomic E-state index is 3.55. The van der Waals surface area contributed by atoms with Crippen LogP contribution in [-0.2, 0) is 25.9 Å². The largest absolute Gasteiger partial charge is 0.309 e. The molecule has 0 aliphatic heterocycles. The van der Waals surface area contributed by atoms with Crippen molar-refractivity contribution in [3.05, 3.63) is 70.8 Å². The first kappa shape index (κ1) is 15.8. The molecule has 0 fully saturated rings. The fraction of sp³-hybridized carbons (Fsp3) is 0.400. The van der Waals surface area contributed by atoms with Gasteiger partial charge in [0.25, 0.3) is 0 Å². The first-order chi connectivity index (χ1) is 10.2. The minimum Gasteiger partial charge on any atom is -0.309 e. The van der Waals surface area contributed by atoms with Gasteiger partial charge in [0.05, 0.1) is 0 Å². The van der Waals surface area contributed by atoms with Crippen molar-refractivity contribution in [3.8, 4) is 0 Å². The molecule has 1 heteroatoms. The molecule has 0 aromatic heterocycles. The molecule has 0 spiro atoms. The summed E-state index contributed by atoms with van der Waals surface area (Å²) in [5.41, 5.74) is 5.65. The van der Waals surface area contributed by atoms with Crippen LogP contribution in [0.5, 0.6) is 0 Å². The second-order valence-corrected chi connectivity index (χ2v) is 6.14. The Morgan fingerprint density at radius 2 is 1.43 bits per heavy atom. The molecule has 112 valence electrons. The number of rotatable bonds is 7. The summed E-state index contributed by atoms with van der Waals surface area (Å²) >= 11 is 0. The molecule has 0 heterocycles. The van der Waals surface area contributed by atoms with Gasteiger partial charge >= 0.3 is 0 Å². The molecule has 0 atom stereocenters. The van der Waals surface area contributed by atoms with Crippen LogP contribution in [-0.4, -0.2) is 0 Å². The molecule has 1 N–H and O–H groups in total. The molecule has 21 heavy (non-hydrogen) atoms. The molecule has 0 aliphatic rings. The van der Waals surface area contributed by atoms with E-state index >= 15 is 0 Å². The van der Waals surface area contributed by atoms with Gasteiger partial charge in [-0.05, 0) is 41.0 Å². The van der Waals surface area contributed by atoms with E-state index in [-0.39, 0.29) is 0 Å². The predicted octanol–water partition coefficient (Wildman–Crippen LogP) is 4.74. The third-order valence-electron chi connectivity index (χ3n) is 3.81. The normalized spacial score (nSPS) is 11.0. The summed E-state index contributed by atoms with van der Waals surface area (Å²) < 4.78 is 0. The van der Waals surface area contributed by atoms with Crippen LogP contribution >= 0.6 is 0 Å². The molecule has 0 amide bonds. The molecular formula is C20H27N. The zero-order valence-corrected chi connectivity index (χ0v) is 13.5. The Balaban J connectivity index is 1.86. The molecule has 0 bridgehead atoms. The van der Waals surface area contributed by atoms with Gasteiger partial charge in [-0.1, -0.05) is 69.3 Å². The first-order valence-electron chi connectivity index (χ1n) is 8.04. The van der Waals surface area contributed by atoms with Crippen LogP contribution in [0.4, 0.5) is 0 Å². The highest BCUT2D eigenvalue weighted by atomic mass is 14.8. The second-order valence-electron chi connectivity index (χ2n) is 6.14. The third kappa shape index (κ3) is 5.02. The Labute approximate surface area is 129 Å². The van der Waals surface area contributed by atoms with Crippen LogP contribution in [0.25, 0.3) is 0 Å². The van der Waals surface area contributed by atoms with E-state index < -0.39 is 0 Å². The standard InChI is InChI=1S/C20H27N/c1-4-19-7-5-6-8-20(19)15-21-14-18-11-9-17(10-12-18)13-16(2)3/h5-12,16,21H,4,13-15H2,1-3H3. The summed E-state index contributed by atoms with van der Waals surface area (Å²) in [6.07, 6.45) is 2.26. The van der Waals surface area contributed by atoms with E-state index in [1.165, 1.54) is 22.3 Å². The molecule has 0 saturated heterocycles. The average Bonchev–Trinajstić information content (AvgIpc) is 2.49. The Bertz CT molecular complexity index is 540. The van der Waals surface area contributed by atoms with Crippen molar-refractivity contribution in [1.29, 1.82) is 0 Å². The molecule has 1 nitrogen and oxygen atoms in total. The first-order valence-corrected chi connectivity index (χ1v) is 8.04. The predicted molar refractivity (Wildman–Crippen MR) is 91.3 cm³/mol. The minimum atomic E-state index is 0.722. The molecule has 0 radical (unpaired) electrons. The van der Waals surface area contributed by atoms with E-state index in [0.717, 1.165) is 31.8 Å². The number of benzene rings is 2. The lowest BCUT2D eigenvalue weighted by Crippen LogP contribution is -2.14. The summed E-state index contributed by atoms with van der Waals surface area (Å²) in [6.45, 7) is 8.62. The van der Waals surface area contributed by atoms with Gasteiger partial charge in [-0.3, -0.25) is 0 Å². The minimum absolute atomic E-state index is 0.722. The summed E-state index contributed by atoms with van der Waals surface area (Å²) in [5.74, 6) is 0.722. The zero-order chi connectivity index (χ0) is 15.1. The molecule has 0 saturated carbocycles. The maximum Gasteiger partial charge on any atom is 0.0211 e. The summed E-state index contributed by atoms with van der Waals surface area (Å²) in [5, 5.41) is 3.55. The van der Waals surface area contributed by atoms with E-state index in [2.05, 4.69) is 74.6 Å². The second kappa shape index (κ2) is 7.99. The Morgan fingerprint density at radius 3 is 2.05 bits per heavy atom.